The number of benzene rings is 1. The van der Waals surface area contributed by atoms with Gasteiger partial charge in [-0.2, -0.15) is 0 Å². The van der Waals surface area contributed by atoms with Gasteiger partial charge in [0.2, 0.25) is 10.0 Å². The van der Waals surface area contributed by atoms with Crippen LogP contribution in [-0.4, -0.2) is 40.9 Å². The summed E-state index contributed by atoms with van der Waals surface area (Å²) >= 11 is 0. The van der Waals surface area contributed by atoms with Crippen LogP contribution in [0.5, 0.6) is 5.75 Å². The molecule has 108 valence electrons. The van der Waals surface area contributed by atoms with Crippen LogP contribution in [0, 0.1) is 0 Å². The van der Waals surface area contributed by atoms with Crippen molar-refractivity contribution >= 4 is 10.0 Å². The first-order valence-electron chi connectivity index (χ1n) is 6.24. The van der Waals surface area contributed by atoms with E-state index in [-0.39, 0.29) is 11.8 Å². The molecule has 0 aliphatic heterocycles. The minimum absolute atomic E-state index is 0.0937. The molecule has 19 heavy (non-hydrogen) atoms. The van der Waals surface area contributed by atoms with Crippen LogP contribution in [0.25, 0.3) is 0 Å². The molecule has 0 amide bonds. The van der Waals surface area contributed by atoms with Gasteiger partial charge < -0.3 is 10.1 Å². The maximum absolute atomic E-state index is 11.2. The summed E-state index contributed by atoms with van der Waals surface area (Å²) in [5.41, 5.74) is 1.19. The van der Waals surface area contributed by atoms with Crippen LogP contribution < -0.4 is 14.8 Å². The van der Waals surface area contributed by atoms with Crippen molar-refractivity contribution in [3.63, 3.8) is 0 Å². The van der Waals surface area contributed by atoms with Crippen molar-refractivity contribution in [3.8, 4) is 5.75 Å². The van der Waals surface area contributed by atoms with E-state index < -0.39 is 10.0 Å². The van der Waals surface area contributed by atoms with E-state index in [0.717, 1.165) is 12.2 Å². The third-order valence-corrected chi connectivity index (χ3v) is 4.24. The van der Waals surface area contributed by atoms with E-state index in [9.17, 15) is 8.42 Å². The number of methoxy groups -OCH3 is 1. The molecule has 1 rings (SSSR count). The average Bonchev–Trinajstić information content (AvgIpc) is 2.39. The van der Waals surface area contributed by atoms with Gasteiger partial charge in [-0.05, 0) is 38.1 Å². The molecule has 0 aliphatic carbocycles. The molecule has 0 aliphatic rings. The van der Waals surface area contributed by atoms with Crippen LogP contribution in [0.1, 0.15) is 12.5 Å². The van der Waals surface area contributed by atoms with Crippen molar-refractivity contribution in [2.75, 3.05) is 26.5 Å². The van der Waals surface area contributed by atoms with E-state index in [1.807, 2.05) is 31.2 Å². The van der Waals surface area contributed by atoms with E-state index in [2.05, 4.69) is 10.0 Å². The van der Waals surface area contributed by atoms with Gasteiger partial charge in [-0.25, -0.2) is 13.1 Å². The highest BCUT2D eigenvalue weighted by Gasteiger charge is 2.08. The highest BCUT2D eigenvalue weighted by atomic mass is 32.2. The van der Waals surface area contributed by atoms with Crippen LogP contribution in [0.2, 0.25) is 0 Å². The summed E-state index contributed by atoms with van der Waals surface area (Å²) in [5, 5.41) is 3.20. The summed E-state index contributed by atoms with van der Waals surface area (Å²) in [6.45, 7) is 2.48. The molecular formula is C13H22N2O3S. The smallest absolute Gasteiger partial charge is 0.212 e. The molecule has 0 aromatic heterocycles. The normalized spacial score (nSPS) is 13.2. The summed E-state index contributed by atoms with van der Waals surface area (Å²) in [4.78, 5) is 0. The molecular weight excluding hydrogens is 264 g/mol. The second kappa shape index (κ2) is 7.47. The Balaban J connectivity index is 2.36. The molecule has 1 aromatic rings. The lowest BCUT2D eigenvalue weighted by Gasteiger charge is -2.14. The lowest BCUT2D eigenvalue weighted by molar-refractivity contribution is 0.414. The van der Waals surface area contributed by atoms with Crippen molar-refractivity contribution in [3.05, 3.63) is 29.8 Å². The van der Waals surface area contributed by atoms with E-state index >= 15 is 0 Å². The Morgan fingerprint density at radius 1 is 1.26 bits per heavy atom. The fourth-order valence-corrected chi connectivity index (χ4v) is 2.32. The highest BCUT2D eigenvalue weighted by molar-refractivity contribution is 7.89. The number of rotatable bonds is 8. The van der Waals surface area contributed by atoms with Gasteiger partial charge in [0.05, 0.1) is 12.9 Å². The monoisotopic (exact) mass is 286 g/mol. The minimum Gasteiger partial charge on any atom is -0.497 e. The van der Waals surface area contributed by atoms with Crippen LogP contribution in [0.3, 0.4) is 0 Å². The number of nitrogens with one attached hydrogen (secondary N) is 2. The summed E-state index contributed by atoms with van der Waals surface area (Å²) < 4.78 is 29.9. The van der Waals surface area contributed by atoms with Gasteiger partial charge in [0, 0.05) is 12.6 Å². The van der Waals surface area contributed by atoms with Crippen molar-refractivity contribution in [1.82, 2.24) is 10.0 Å². The number of sulfonamides is 1. The van der Waals surface area contributed by atoms with Crippen LogP contribution in [0.15, 0.2) is 24.3 Å². The Hall–Kier alpha value is -1.11. The van der Waals surface area contributed by atoms with Crippen LogP contribution >= 0.6 is 0 Å². The van der Waals surface area contributed by atoms with Gasteiger partial charge in [0.15, 0.2) is 0 Å². The van der Waals surface area contributed by atoms with Crippen molar-refractivity contribution in [2.45, 2.75) is 19.4 Å². The van der Waals surface area contributed by atoms with Gasteiger partial charge in [-0.3, -0.25) is 0 Å². The van der Waals surface area contributed by atoms with Gasteiger partial charge >= 0.3 is 0 Å². The average molecular weight is 286 g/mol. The molecule has 0 spiro atoms. The van der Waals surface area contributed by atoms with E-state index in [1.54, 1.807) is 7.11 Å². The maximum atomic E-state index is 11.2. The molecule has 0 fully saturated rings. The molecule has 1 atom stereocenters. The number of hydrogen-bond acceptors (Lipinski definition) is 4. The SMILES string of the molecule is CNS(=O)(=O)CCNC(C)Cc1ccc(OC)cc1. The Bertz CT molecular complexity index is 471. The predicted octanol–water partition coefficient (Wildman–Crippen LogP) is 0.765. The van der Waals surface area contributed by atoms with E-state index in [1.165, 1.54) is 12.6 Å². The lowest BCUT2D eigenvalue weighted by atomic mass is 10.1. The van der Waals surface area contributed by atoms with Crippen molar-refractivity contribution in [1.29, 1.82) is 0 Å². The lowest BCUT2D eigenvalue weighted by Crippen LogP contribution is -2.35. The fourth-order valence-electron chi connectivity index (χ4n) is 1.73. The summed E-state index contributed by atoms with van der Waals surface area (Å²) in [6, 6.07) is 8.10. The Morgan fingerprint density at radius 2 is 1.89 bits per heavy atom. The zero-order chi connectivity index (χ0) is 14.3. The Labute approximate surface area is 115 Å². The molecule has 5 nitrogen and oxygen atoms in total. The fraction of sp³-hybridized carbons (Fsp3) is 0.538. The summed E-state index contributed by atoms with van der Waals surface area (Å²) in [5.74, 6) is 0.931. The Kier molecular flexibility index (Phi) is 6.27. The second-order valence-electron chi connectivity index (χ2n) is 4.43. The second-order valence-corrected chi connectivity index (χ2v) is 6.48. The molecule has 0 heterocycles. The molecule has 0 saturated heterocycles. The third-order valence-electron chi connectivity index (χ3n) is 2.88. The summed E-state index contributed by atoms with van der Waals surface area (Å²) in [7, 11) is -0.0591. The first kappa shape index (κ1) is 15.9. The van der Waals surface area contributed by atoms with Crippen molar-refractivity contribution < 1.29 is 13.2 Å². The van der Waals surface area contributed by atoms with Crippen LogP contribution in [0.4, 0.5) is 0 Å². The van der Waals surface area contributed by atoms with Gasteiger partial charge in [-0.15, -0.1) is 0 Å². The topological polar surface area (TPSA) is 67.4 Å². The first-order valence-corrected chi connectivity index (χ1v) is 7.89. The van der Waals surface area contributed by atoms with Gasteiger partial charge in [0.1, 0.15) is 5.75 Å². The maximum Gasteiger partial charge on any atom is 0.212 e. The molecule has 6 heteroatoms. The quantitative estimate of drug-likeness (QED) is 0.740. The highest BCUT2D eigenvalue weighted by Crippen LogP contribution is 2.12. The largest absolute Gasteiger partial charge is 0.497 e. The zero-order valence-electron chi connectivity index (χ0n) is 11.6. The predicted molar refractivity (Wildman–Crippen MR) is 77.0 cm³/mol. The molecule has 0 radical (unpaired) electrons. The van der Waals surface area contributed by atoms with E-state index in [4.69, 9.17) is 4.74 Å². The van der Waals surface area contributed by atoms with Crippen LogP contribution in [-0.2, 0) is 16.4 Å². The molecule has 1 unspecified atom stereocenters. The standard InChI is InChI=1S/C13H22N2O3S/c1-11(15-8-9-19(16,17)14-2)10-12-4-6-13(18-3)7-5-12/h4-7,11,14-15H,8-10H2,1-3H3. The number of hydrogen-bond donors (Lipinski definition) is 2. The molecule has 0 bridgehead atoms. The molecule has 1 aromatic carbocycles. The third kappa shape index (κ3) is 6.04. The molecule has 2 N–H and O–H groups in total. The Morgan fingerprint density at radius 3 is 2.42 bits per heavy atom. The van der Waals surface area contributed by atoms with Gasteiger partial charge in [-0.1, -0.05) is 12.1 Å². The van der Waals surface area contributed by atoms with Gasteiger partial charge in [0.25, 0.3) is 0 Å². The number of ether oxygens (including phenoxy) is 1. The van der Waals surface area contributed by atoms with E-state index in [0.29, 0.717) is 6.54 Å². The minimum atomic E-state index is -3.13. The first-order chi connectivity index (χ1) is 8.96. The zero-order valence-corrected chi connectivity index (χ0v) is 12.5. The summed E-state index contributed by atoms with van der Waals surface area (Å²) in [6.07, 6.45) is 0.851. The molecule has 0 saturated carbocycles. The van der Waals surface area contributed by atoms with Crippen molar-refractivity contribution in [2.24, 2.45) is 0 Å².